The van der Waals surface area contributed by atoms with Crippen molar-refractivity contribution >= 4 is 11.8 Å². The van der Waals surface area contributed by atoms with E-state index >= 15 is 8.78 Å². The van der Waals surface area contributed by atoms with Crippen molar-refractivity contribution in [3.8, 4) is 0 Å². The maximum Gasteiger partial charge on any atom is 0.296 e. The van der Waals surface area contributed by atoms with Crippen LogP contribution < -0.4 is 5.32 Å². The lowest BCUT2D eigenvalue weighted by atomic mass is 9.84. The van der Waals surface area contributed by atoms with Gasteiger partial charge in [0.05, 0.1) is 19.8 Å². The maximum atomic E-state index is 15.7. The highest BCUT2D eigenvalue weighted by atomic mass is 19.3. The molecule has 0 aliphatic carbocycles. The Balaban J connectivity index is 1.40. The van der Waals surface area contributed by atoms with E-state index in [1.807, 2.05) is 25.7 Å². The second-order valence-electron chi connectivity index (χ2n) is 11.7. The third-order valence-corrected chi connectivity index (χ3v) is 8.32. The zero-order valence-corrected chi connectivity index (χ0v) is 23.2. The van der Waals surface area contributed by atoms with Crippen LogP contribution in [-0.4, -0.2) is 109 Å². The monoisotopic (exact) mass is 543 g/mol. The number of morpholine rings is 1. The Hall–Kier alpha value is -2.82. The molecule has 0 saturated carbocycles. The molecule has 1 unspecified atom stereocenters. The van der Waals surface area contributed by atoms with Gasteiger partial charge in [0, 0.05) is 68.7 Å². The number of rotatable bonds is 5. The summed E-state index contributed by atoms with van der Waals surface area (Å²) in [6.07, 6.45) is 3.31. The van der Waals surface area contributed by atoms with Crippen LogP contribution in [0, 0.1) is 5.41 Å². The fourth-order valence-corrected chi connectivity index (χ4v) is 6.10. The standard InChI is InChI=1S/C29H39F2N5O3/c1-20-16-35(24(15-32-20)27(38)34-10-12-39-13-11-34)18-26(37)36-19-28(2,3)22-17-33(4)25(14-23(22)36)29(30,31)21-8-6-5-7-9-21/h5-9,14,17,20,24-25,32H,10-13,15-16,18-19H2,1-4H3/t20-,24-,25?/m1/s1. The number of likely N-dealkylation sites (N-methyl/N-ethyl adjacent to an activating group) is 1. The third-order valence-electron chi connectivity index (χ3n) is 8.32. The Labute approximate surface area is 229 Å². The molecular formula is C29H39F2N5O3. The van der Waals surface area contributed by atoms with Crippen molar-refractivity contribution in [2.75, 3.05) is 59.5 Å². The number of carbonyl (C=O) groups excluding carboxylic acids is 2. The number of halogens is 2. The van der Waals surface area contributed by atoms with Gasteiger partial charge in [-0.05, 0) is 18.6 Å². The molecule has 39 heavy (non-hydrogen) atoms. The van der Waals surface area contributed by atoms with E-state index in [9.17, 15) is 9.59 Å². The van der Waals surface area contributed by atoms with Crippen molar-refractivity contribution in [2.45, 2.75) is 44.8 Å². The first-order valence-electron chi connectivity index (χ1n) is 13.7. The number of fused-ring (bicyclic) bond motifs is 1. The van der Waals surface area contributed by atoms with E-state index in [2.05, 4.69) is 5.32 Å². The molecule has 1 aromatic rings. The number of piperazine rings is 1. The predicted octanol–water partition coefficient (Wildman–Crippen LogP) is 2.25. The van der Waals surface area contributed by atoms with E-state index in [-0.39, 0.29) is 30.0 Å². The SMILES string of the molecule is C[C@@H]1CN(CC(=O)N2CC(C)(C)C3=CN(C)C(C(F)(F)c4ccccc4)C=C32)[C@@H](C(=O)N2CCOCC2)CN1. The van der Waals surface area contributed by atoms with Gasteiger partial charge in [-0.3, -0.25) is 14.5 Å². The van der Waals surface area contributed by atoms with Gasteiger partial charge in [0.25, 0.3) is 5.92 Å². The first-order valence-corrected chi connectivity index (χ1v) is 13.7. The number of ether oxygens (including phenoxy) is 1. The van der Waals surface area contributed by atoms with E-state index in [4.69, 9.17) is 4.74 Å². The molecule has 0 bridgehead atoms. The molecule has 212 valence electrons. The van der Waals surface area contributed by atoms with Crippen molar-refractivity contribution in [2.24, 2.45) is 5.41 Å². The average Bonchev–Trinajstić information content (AvgIpc) is 3.18. The average molecular weight is 544 g/mol. The van der Waals surface area contributed by atoms with Crippen LogP contribution in [0.2, 0.25) is 0 Å². The molecule has 0 radical (unpaired) electrons. The molecule has 3 fully saturated rings. The molecule has 1 N–H and O–H groups in total. The number of alkyl halides is 2. The fourth-order valence-electron chi connectivity index (χ4n) is 6.10. The minimum atomic E-state index is -3.16. The molecule has 0 aromatic heterocycles. The lowest BCUT2D eigenvalue weighted by molar-refractivity contribution is -0.144. The number of carbonyl (C=O) groups is 2. The highest BCUT2D eigenvalue weighted by Gasteiger charge is 2.49. The lowest BCUT2D eigenvalue weighted by Gasteiger charge is -2.41. The molecule has 8 nitrogen and oxygen atoms in total. The van der Waals surface area contributed by atoms with Crippen LogP contribution in [0.3, 0.4) is 0 Å². The first kappa shape index (κ1) is 27.7. The van der Waals surface area contributed by atoms with Gasteiger partial charge in [0.1, 0.15) is 12.1 Å². The van der Waals surface area contributed by atoms with Crippen LogP contribution >= 0.6 is 0 Å². The van der Waals surface area contributed by atoms with Gasteiger partial charge in [-0.25, -0.2) is 0 Å². The van der Waals surface area contributed by atoms with Crippen LogP contribution in [-0.2, 0) is 20.2 Å². The molecule has 2 amide bonds. The number of hydrogen-bond donors (Lipinski definition) is 1. The van der Waals surface area contributed by atoms with E-state index < -0.39 is 23.4 Å². The maximum absolute atomic E-state index is 15.7. The molecule has 0 spiro atoms. The van der Waals surface area contributed by atoms with E-state index in [0.29, 0.717) is 51.6 Å². The van der Waals surface area contributed by atoms with Crippen molar-refractivity contribution in [1.29, 1.82) is 0 Å². The number of amides is 2. The zero-order chi connectivity index (χ0) is 27.9. The first-order chi connectivity index (χ1) is 18.5. The minimum Gasteiger partial charge on any atom is -0.378 e. The van der Waals surface area contributed by atoms with Crippen molar-refractivity contribution < 1.29 is 23.1 Å². The summed E-state index contributed by atoms with van der Waals surface area (Å²) in [6.45, 7) is 9.63. The van der Waals surface area contributed by atoms with Crippen LogP contribution in [0.25, 0.3) is 0 Å². The van der Waals surface area contributed by atoms with Gasteiger partial charge in [0.15, 0.2) is 0 Å². The van der Waals surface area contributed by atoms with Crippen molar-refractivity contribution in [3.63, 3.8) is 0 Å². The zero-order valence-electron chi connectivity index (χ0n) is 23.2. The number of allylic oxidation sites excluding steroid dienone is 1. The summed E-state index contributed by atoms with van der Waals surface area (Å²) in [7, 11) is 1.66. The topological polar surface area (TPSA) is 68.4 Å². The summed E-state index contributed by atoms with van der Waals surface area (Å²) in [5, 5.41) is 3.37. The Bertz CT molecular complexity index is 1150. The molecule has 1 aromatic carbocycles. The Morgan fingerprint density at radius 3 is 2.54 bits per heavy atom. The number of hydrogen-bond acceptors (Lipinski definition) is 6. The lowest BCUT2D eigenvalue weighted by Crippen LogP contribution is -2.63. The summed E-state index contributed by atoms with van der Waals surface area (Å²) in [6, 6.07) is 6.22. The van der Waals surface area contributed by atoms with Crippen LogP contribution in [0.1, 0.15) is 26.3 Å². The molecule has 3 saturated heterocycles. The highest BCUT2D eigenvalue weighted by Crippen LogP contribution is 2.47. The molecule has 3 atom stereocenters. The van der Waals surface area contributed by atoms with Crippen molar-refractivity contribution in [3.05, 3.63) is 59.4 Å². The van der Waals surface area contributed by atoms with Gasteiger partial charge in [-0.1, -0.05) is 44.2 Å². The summed E-state index contributed by atoms with van der Waals surface area (Å²) in [4.78, 5) is 34.2. The van der Waals surface area contributed by atoms with E-state index in [1.165, 1.54) is 12.1 Å². The summed E-state index contributed by atoms with van der Waals surface area (Å²) in [5.74, 6) is -3.34. The number of benzene rings is 1. The van der Waals surface area contributed by atoms with Gasteiger partial charge in [0.2, 0.25) is 11.8 Å². The van der Waals surface area contributed by atoms with Crippen LogP contribution in [0.15, 0.2) is 53.9 Å². The van der Waals surface area contributed by atoms with Gasteiger partial charge in [-0.2, -0.15) is 8.78 Å². The molecule has 10 heteroatoms. The van der Waals surface area contributed by atoms with Crippen LogP contribution in [0.5, 0.6) is 0 Å². The van der Waals surface area contributed by atoms with E-state index in [1.54, 1.807) is 52.2 Å². The number of likely N-dealkylation sites (tertiary alicyclic amines) is 1. The highest BCUT2D eigenvalue weighted by molar-refractivity contribution is 5.86. The summed E-state index contributed by atoms with van der Waals surface area (Å²) >= 11 is 0. The molecular weight excluding hydrogens is 504 g/mol. The van der Waals surface area contributed by atoms with Crippen LogP contribution in [0.4, 0.5) is 8.78 Å². The van der Waals surface area contributed by atoms with Crippen molar-refractivity contribution in [1.82, 2.24) is 24.9 Å². The fraction of sp³-hybridized carbons (Fsp3) is 0.586. The summed E-state index contributed by atoms with van der Waals surface area (Å²) < 4.78 is 36.8. The van der Waals surface area contributed by atoms with Gasteiger partial charge >= 0.3 is 0 Å². The Morgan fingerprint density at radius 1 is 1.15 bits per heavy atom. The third kappa shape index (κ3) is 5.34. The van der Waals surface area contributed by atoms with E-state index in [0.717, 1.165) is 5.57 Å². The Morgan fingerprint density at radius 2 is 1.85 bits per heavy atom. The Kier molecular flexibility index (Phi) is 7.56. The molecule has 4 aliphatic rings. The van der Waals surface area contributed by atoms with Gasteiger partial charge in [-0.15, -0.1) is 0 Å². The summed E-state index contributed by atoms with van der Waals surface area (Å²) in [5.41, 5.74) is 0.948. The quantitative estimate of drug-likeness (QED) is 0.615. The number of nitrogens with zero attached hydrogens (tertiary/aromatic N) is 4. The molecule has 4 heterocycles. The molecule has 5 rings (SSSR count). The minimum absolute atomic E-state index is 0.00564. The number of nitrogens with one attached hydrogen (secondary N) is 1. The second kappa shape index (κ2) is 10.6. The predicted molar refractivity (Wildman–Crippen MR) is 144 cm³/mol. The normalized spacial score (nSPS) is 27.6. The largest absolute Gasteiger partial charge is 0.378 e. The molecule has 4 aliphatic heterocycles. The smallest absolute Gasteiger partial charge is 0.296 e. The second-order valence-corrected chi connectivity index (χ2v) is 11.7. The van der Waals surface area contributed by atoms with Gasteiger partial charge < -0.3 is 24.8 Å².